The van der Waals surface area contributed by atoms with Gasteiger partial charge in [0.15, 0.2) is 0 Å². The fourth-order valence-corrected chi connectivity index (χ4v) is 2.51. The summed E-state index contributed by atoms with van der Waals surface area (Å²) in [5.41, 5.74) is 2.25. The Hall–Kier alpha value is -1.81. The van der Waals surface area contributed by atoms with E-state index >= 15 is 0 Å². The molecule has 0 amide bonds. The number of rotatable bonds is 8. The number of benzene rings is 1. The molecule has 0 aliphatic carbocycles. The molecule has 0 bridgehead atoms. The van der Waals surface area contributed by atoms with Gasteiger partial charge in [0.25, 0.3) is 0 Å². The lowest BCUT2D eigenvalue weighted by molar-refractivity contribution is 0.407. The normalized spacial score (nSPS) is 11.0. The van der Waals surface area contributed by atoms with E-state index in [-0.39, 0.29) is 0 Å². The predicted molar refractivity (Wildman–Crippen MR) is 85.4 cm³/mol. The molecular formula is C17H25N3O. The Morgan fingerprint density at radius 2 is 1.90 bits per heavy atom. The number of hydrogen-bond acceptors (Lipinski definition) is 3. The quantitative estimate of drug-likeness (QED) is 0.807. The van der Waals surface area contributed by atoms with Crippen LogP contribution in [0.25, 0.3) is 0 Å². The van der Waals surface area contributed by atoms with Gasteiger partial charge in [0.2, 0.25) is 0 Å². The number of ether oxygens (including phenoxy) is 1. The Morgan fingerprint density at radius 3 is 2.62 bits per heavy atom. The van der Waals surface area contributed by atoms with Crippen LogP contribution in [0.4, 0.5) is 0 Å². The van der Waals surface area contributed by atoms with E-state index in [4.69, 9.17) is 4.74 Å². The molecule has 0 aliphatic heterocycles. The zero-order valence-electron chi connectivity index (χ0n) is 13.2. The van der Waals surface area contributed by atoms with Crippen LogP contribution in [0.1, 0.15) is 44.0 Å². The third-order valence-electron chi connectivity index (χ3n) is 3.79. The predicted octanol–water partition coefficient (Wildman–Crippen LogP) is 3.54. The van der Waals surface area contributed by atoms with Crippen molar-refractivity contribution in [2.24, 2.45) is 0 Å². The molecular weight excluding hydrogens is 262 g/mol. The van der Waals surface area contributed by atoms with Crippen molar-refractivity contribution < 1.29 is 4.74 Å². The highest BCUT2D eigenvalue weighted by molar-refractivity contribution is 5.32. The van der Waals surface area contributed by atoms with Gasteiger partial charge in [0, 0.05) is 24.8 Å². The molecule has 2 rings (SSSR count). The minimum atomic E-state index is 0.507. The molecule has 4 nitrogen and oxygen atoms in total. The summed E-state index contributed by atoms with van der Waals surface area (Å²) in [7, 11) is 1.70. The molecule has 2 aromatic rings. The zero-order chi connectivity index (χ0) is 15.1. The number of hydrogen-bond donors (Lipinski definition) is 1. The van der Waals surface area contributed by atoms with Gasteiger partial charge in [-0.2, -0.15) is 5.10 Å². The van der Waals surface area contributed by atoms with E-state index in [0.717, 1.165) is 37.4 Å². The summed E-state index contributed by atoms with van der Waals surface area (Å²) in [5, 5.41) is 8.07. The first kappa shape index (κ1) is 15.6. The largest absolute Gasteiger partial charge is 0.496 e. The summed E-state index contributed by atoms with van der Waals surface area (Å²) in [6.07, 6.45) is 4.32. The smallest absolute Gasteiger partial charge is 0.123 e. The maximum Gasteiger partial charge on any atom is 0.123 e. The fourth-order valence-electron chi connectivity index (χ4n) is 2.51. The lowest BCUT2D eigenvalue weighted by atomic mass is 10.2. The Morgan fingerprint density at radius 1 is 1.14 bits per heavy atom. The fraction of sp³-hybridized carbons (Fsp3) is 0.471. The second-order valence-electron chi connectivity index (χ2n) is 5.17. The topological polar surface area (TPSA) is 39.1 Å². The van der Waals surface area contributed by atoms with Crippen LogP contribution in [0.15, 0.2) is 36.5 Å². The van der Waals surface area contributed by atoms with Crippen LogP contribution in [0.3, 0.4) is 0 Å². The maximum atomic E-state index is 5.35. The molecule has 1 aromatic heterocycles. The van der Waals surface area contributed by atoms with Gasteiger partial charge in [-0.15, -0.1) is 0 Å². The van der Waals surface area contributed by atoms with Gasteiger partial charge in [-0.3, -0.25) is 4.68 Å². The van der Waals surface area contributed by atoms with E-state index in [1.807, 2.05) is 18.2 Å². The van der Waals surface area contributed by atoms with Gasteiger partial charge in [-0.1, -0.05) is 32.0 Å². The standard InChI is InChI=1S/C17H25N3O/c1-4-16(5-2)20-11-10-15(19-20)13-18-12-14-8-6-7-9-17(14)21-3/h6-11,16,18H,4-5,12-13H2,1-3H3. The molecule has 114 valence electrons. The average Bonchev–Trinajstić information content (AvgIpc) is 2.98. The Kier molecular flexibility index (Phi) is 5.81. The highest BCUT2D eigenvalue weighted by Gasteiger charge is 2.08. The zero-order valence-corrected chi connectivity index (χ0v) is 13.2. The molecule has 0 saturated carbocycles. The van der Waals surface area contributed by atoms with Crippen LogP contribution in [0, 0.1) is 0 Å². The van der Waals surface area contributed by atoms with Crippen LogP contribution in [0.5, 0.6) is 5.75 Å². The monoisotopic (exact) mass is 287 g/mol. The van der Waals surface area contributed by atoms with Crippen molar-refractivity contribution in [2.45, 2.75) is 45.8 Å². The van der Waals surface area contributed by atoms with Crippen molar-refractivity contribution in [3.8, 4) is 5.75 Å². The molecule has 0 saturated heterocycles. The average molecular weight is 287 g/mol. The first-order valence-electron chi connectivity index (χ1n) is 7.65. The third kappa shape index (κ3) is 4.08. The van der Waals surface area contributed by atoms with Gasteiger partial charge in [0.1, 0.15) is 5.75 Å². The Balaban J connectivity index is 1.89. The van der Waals surface area contributed by atoms with E-state index < -0.39 is 0 Å². The number of aromatic nitrogens is 2. The van der Waals surface area contributed by atoms with E-state index in [1.54, 1.807) is 7.11 Å². The van der Waals surface area contributed by atoms with Gasteiger partial charge in [-0.25, -0.2) is 0 Å². The number of methoxy groups -OCH3 is 1. The Labute approximate surface area is 127 Å². The first-order chi connectivity index (χ1) is 10.3. The molecule has 0 spiro atoms. The van der Waals surface area contributed by atoms with Crippen molar-refractivity contribution >= 4 is 0 Å². The molecule has 1 N–H and O–H groups in total. The van der Waals surface area contributed by atoms with Crippen LogP contribution in [-0.4, -0.2) is 16.9 Å². The lowest BCUT2D eigenvalue weighted by Crippen LogP contribution is -2.15. The van der Waals surface area contributed by atoms with Crippen LogP contribution in [0.2, 0.25) is 0 Å². The van der Waals surface area contributed by atoms with E-state index in [0.29, 0.717) is 6.04 Å². The van der Waals surface area contributed by atoms with Gasteiger partial charge >= 0.3 is 0 Å². The van der Waals surface area contributed by atoms with Crippen molar-refractivity contribution in [1.82, 2.24) is 15.1 Å². The molecule has 0 atom stereocenters. The molecule has 1 heterocycles. The lowest BCUT2D eigenvalue weighted by Gasteiger charge is -2.12. The molecule has 0 aliphatic rings. The van der Waals surface area contributed by atoms with Gasteiger partial charge < -0.3 is 10.1 Å². The summed E-state index contributed by atoms with van der Waals surface area (Å²) in [6.45, 7) is 5.96. The summed E-state index contributed by atoms with van der Waals surface area (Å²) in [4.78, 5) is 0. The minimum Gasteiger partial charge on any atom is -0.496 e. The number of nitrogens with zero attached hydrogens (tertiary/aromatic N) is 2. The van der Waals surface area contributed by atoms with Crippen molar-refractivity contribution in [3.05, 3.63) is 47.8 Å². The highest BCUT2D eigenvalue weighted by atomic mass is 16.5. The summed E-state index contributed by atoms with van der Waals surface area (Å²) in [6, 6.07) is 10.7. The number of para-hydroxylation sites is 1. The molecule has 1 aromatic carbocycles. The van der Waals surface area contributed by atoms with Gasteiger partial charge in [0.05, 0.1) is 18.8 Å². The van der Waals surface area contributed by atoms with Crippen LogP contribution >= 0.6 is 0 Å². The van der Waals surface area contributed by atoms with E-state index in [1.165, 1.54) is 5.56 Å². The molecule has 4 heteroatoms. The molecule has 21 heavy (non-hydrogen) atoms. The van der Waals surface area contributed by atoms with Gasteiger partial charge in [-0.05, 0) is 25.0 Å². The summed E-state index contributed by atoms with van der Waals surface area (Å²) < 4.78 is 7.44. The minimum absolute atomic E-state index is 0.507. The molecule has 0 fully saturated rings. The van der Waals surface area contributed by atoms with Crippen LogP contribution < -0.4 is 10.1 Å². The number of nitrogens with one attached hydrogen (secondary N) is 1. The summed E-state index contributed by atoms with van der Waals surface area (Å²) in [5.74, 6) is 0.924. The van der Waals surface area contributed by atoms with Crippen molar-refractivity contribution in [3.63, 3.8) is 0 Å². The maximum absolute atomic E-state index is 5.35. The second kappa shape index (κ2) is 7.84. The Bertz CT molecular complexity index is 546. The molecule has 0 radical (unpaired) electrons. The molecule has 0 unspecified atom stereocenters. The SMILES string of the molecule is CCC(CC)n1ccc(CNCc2ccccc2OC)n1. The highest BCUT2D eigenvalue weighted by Crippen LogP contribution is 2.17. The first-order valence-corrected chi connectivity index (χ1v) is 7.65. The van der Waals surface area contributed by atoms with E-state index in [2.05, 4.69) is 47.3 Å². The van der Waals surface area contributed by atoms with Crippen molar-refractivity contribution in [2.75, 3.05) is 7.11 Å². The van der Waals surface area contributed by atoms with Crippen LogP contribution in [-0.2, 0) is 13.1 Å². The second-order valence-corrected chi connectivity index (χ2v) is 5.17. The van der Waals surface area contributed by atoms with Crippen molar-refractivity contribution in [1.29, 1.82) is 0 Å². The van der Waals surface area contributed by atoms with E-state index in [9.17, 15) is 0 Å². The third-order valence-corrected chi connectivity index (χ3v) is 3.79. The summed E-state index contributed by atoms with van der Waals surface area (Å²) >= 11 is 0.